The van der Waals surface area contributed by atoms with Crippen LogP contribution in [0.2, 0.25) is 5.02 Å². The minimum absolute atomic E-state index is 0.0122. The monoisotopic (exact) mass is 279 g/mol. The molecule has 5 heteroatoms. The summed E-state index contributed by atoms with van der Waals surface area (Å²) in [5.74, 6) is 0. The summed E-state index contributed by atoms with van der Waals surface area (Å²) in [4.78, 5) is 8.32. The Morgan fingerprint density at radius 2 is 1.94 bits per heavy atom. The van der Waals surface area contributed by atoms with E-state index in [1.54, 1.807) is 30.4 Å². The predicted molar refractivity (Wildman–Crippen MR) is 75.7 cm³/mol. The van der Waals surface area contributed by atoms with Gasteiger partial charge in [-0.3, -0.25) is 4.98 Å². The fraction of sp³-hybridized carbons (Fsp3) is 0.231. The summed E-state index contributed by atoms with van der Waals surface area (Å²) >= 11 is 7.51. The summed E-state index contributed by atoms with van der Waals surface area (Å²) in [5, 5.41) is 1.74. The van der Waals surface area contributed by atoms with E-state index in [4.69, 9.17) is 17.3 Å². The molecule has 3 nitrogen and oxygen atoms in total. The van der Waals surface area contributed by atoms with Crippen LogP contribution in [0.5, 0.6) is 0 Å². The largest absolute Gasteiger partial charge is 0.327 e. The van der Waals surface area contributed by atoms with Crippen LogP contribution in [0.3, 0.4) is 0 Å². The van der Waals surface area contributed by atoms with E-state index >= 15 is 0 Å². The van der Waals surface area contributed by atoms with Crippen molar-refractivity contribution in [3.05, 3.63) is 53.4 Å². The number of thioether (sulfide) groups is 1. The molecule has 2 aromatic rings. The lowest BCUT2D eigenvalue weighted by Gasteiger charge is -2.20. The molecule has 0 saturated heterocycles. The molecule has 0 fully saturated rings. The van der Waals surface area contributed by atoms with Crippen molar-refractivity contribution in [3.8, 4) is 0 Å². The van der Waals surface area contributed by atoms with Crippen LogP contribution in [0, 0.1) is 0 Å². The molecule has 18 heavy (non-hydrogen) atoms. The first-order chi connectivity index (χ1) is 8.66. The lowest BCUT2D eigenvalue weighted by Crippen LogP contribution is -2.22. The number of rotatable bonds is 4. The first-order valence-corrected chi connectivity index (χ1v) is 6.86. The molecule has 0 aliphatic heterocycles. The molecule has 94 valence electrons. The molecular formula is C13H14ClN3S. The molecular weight excluding hydrogens is 266 g/mol. The molecule has 0 spiro atoms. The van der Waals surface area contributed by atoms with Crippen LogP contribution in [0.15, 0.2) is 47.9 Å². The maximum Gasteiger partial charge on any atom is 0.115 e. The van der Waals surface area contributed by atoms with Gasteiger partial charge in [0.2, 0.25) is 0 Å². The quantitative estimate of drug-likeness (QED) is 0.873. The molecule has 1 aromatic heterocycles. The van der Waals surface area contributed by atoms with Gasteiger partial charge in [0, 0.05) is 23.5 Å². The molecule has 0 aliphatic carbocycles. The number of nitrogens with zero attached hydrogens (tertiary/aromatic N) is 2. The Balaban J connectivity index is 2.21. The average Bonchev–Trinajstić information content (AvgIpc) is 2.38. The molecule has 0 amide bonds. The summed E-state index contributed by atoms with van der Waals surface area (Å²) < 4.78 is 0. The highest BCUT2D eigenvalue weighted by molar-refractivity contribution is 7.99. The van der Waals surface area contributed by atoms with Gasteiger partial charge >= 0.3 is 0 Å². The van der Waals surface area contributed by atoms with Gasteiger partial charge in [0.15, 0.2) is 0 Å². The van der Waals surface area contributed by atoms with Crippen LogP contribution in [0.25, 0.3) is 0 Å². The van der Waals surface area contributed by atoms with Crippen molar-refractivity contribution in [3.63, 3.8) is 0 Å². The van der Waals surface area contributed by atoms with Gasteiger partial charge in [-0.15, -0.1) is 0 Å². The van der Waals surface area contributed by atoms with Crippen LogP contribution < -0.4 is 5.73 Å². The van der Waals surface area contributed by atoms with Gasteiger partial charge < -0.3 is 5.73 Å². The Hall–Kier alpha value is -1.10. The molecule has 1 aromatic carbocycles. The van der Waals surface area contributed by atoms with Crippen molar-refractivity contribution in [1.82, 2.24) is 9.97 Å². The Kier molecular flexibility index (Phi) is 4.58. The highest BCUT2D eigenvalue weighted by Gasteiger charge is 2.18. The fourth-order valence-electron chi connectivity index (χ4n) is 1.61. The lowest BCUT2D eigenvalue weighted by molar-refractivity contribution is 0.720. The van der Waals surface area contributed by atoms with Crippen LogP contribution in [-0.4, -0.2) is 16.0 Å². The Bertz CT molecular complexity index is 487. The first-order valence-electron chi connectivity index (χ1n) is 5.60. The van der Waals surface area contributed by atoms with Crippen molar-refractivity contribution >= 4 is 23.4 Å². The predicted octanol–water partition coefficient (Wildman–Crippen LogP) is 3.31. The van der Waals surface area contributed by atoms with Gasteiger partial charge in [0.1, 0.15) is 5.03 Å². The van der Waals surface area contributed by atoms with Crippen molar-refractivity contribution in [2.24, 2.45) is 5.73 Å². The van der Waals surface area contributed by atoms with Crippen LogP contribution in [-0.2, 0) is 0 Å². The summed E-state index contributed by atoms with van der Waals surface area (Å²) in [6.45, 7) is 1.99. The van der Waals surface area contributed by atoms with E-state index < -0.39 is 0 Å². The molecule has 1 heterocycles. The Morgan fingerprint density at radius 1 is 1.22 bits per heavy atom. The van der Waals surface area contributed by atoms with Crippen LogP contribution >= 0.6 is 23.4 Å². The summed E-state index contributed by atoms with van der Waals surface area (Å²) in [6, 6.07) is 7.77. The van der Waals surface area contributed by atoms with E-state index in [0.29, 0.717) is 0 Å². The second kappa shape index (κ2) is 6.18. The number of benzene rings is 1. The van der Waals surface area contributed by atoms with Crippen molar-refractivity contribution in [1.29, 1.82) is 0 Å². The van der Waals surface area contributed by atoms with Gasteiger partial charge in [0.05, 0.1) is 11.4 Å². The third kappa shape index (κ3) is 3.45. The smallest absolute Gasteiger partial charge is 0.115 e. The normalized spacial score (nSPS) is 14.2. The fourth-order valence-corrected chi connectivity index (χ4v) is 2.75. The number of hydrogen-bond donors (Lipinski definition) is 1. The van der Waals surface area contributed by atoms with Gasteiger partial charge in [-0.05, 0) is 24.6 Å². The molecule has 2 unspecified atom stereocenters. The van der Waals surface area contributed by atoms with E-state index in [9.17, 15) is 0 Å². The zero-order valence-corrected chi connectivity index (χ0v) is 11.5. The van der Waals surface area contributed by atoms with Crippen molar-refractivity contribution < 1.29 is 0 Å². The molecule has 2 rings (SSSR count). The molecule has 0 bridgehead atoms. The summed E-state index contributed by atoms with van der Waals surface area (Å²) in [6.07, 6.45) is 5.09. The van der Waals surface area contributed by atoms with E-state index in [2.05, 4.69) is 9.97 Å². The van der Waals surface area contributed by atoms with E-state index in [-0.39, 0.29) is 11.3 Å². The van der Waals surface area contributed by atoms with Gasteiger partial charge in [0.25, 0.3) is 0 Å². The summed E-state index contributed by atoms with van der Waals surface area (Å²) in [5.41, 5.74) is 7.20. The van der Waals surface area contributed by atoms with E-state index in [0.717, 1.165) is 15.6 Å². The van der Waals surface area contributed by atoms with Gasteiger partial charge in [-0.2, -0.15) is 0 Å². The third-order valence-electron chi connectivity index (χ3n) is 2.46. The molecule has 0 radical (unpaired) electrons. The lowest BCUT2D eigenvalue weighted by atomic mass is 10.1. The second-order valence-electron chi connectivity index (χ2n) is 3.99. The highest BCUT2D eigenvalue weighted by Crippen LogP contribution is 2.36. The minimum atomic E-state index is 0.0122. The van der Waals surface area contributed by atoms with Crippen LogP contribution in [0.1, 0.15) is 17.7 Å². The van der Waals surface area contributed by atoms with Crippen molar-refractivity contribution in [2.75, 3.05) is 0 Å². The van der Waals surface area contributed by atoms with Crippen molar-refractivity contribution in [2.45, 2.75) is 23.2 Å². The first kappa shape index (κ1) is 13.3. The SMILES string of the molecule is CC(N)C(Sc1cnccn1)c1ccc(Cl)cc1. The van der Waals surface area contributed by atoms with E-state index in [1.165, 1.54) is 0 Å². The maximum absolute atomic E-state index is 6.05. The van der Waals surface area contributed by atoms with E-state index in [1.807, 2.05) is 31.2 Å². The Morgan fingerprint density at radius 3 is 2.50 bits per heavy atom. The second-order valence-corrected chi connectivity index (χ2v) is 5.59. The maximum atomic E-state index is 6.05. The third-order valence-corrected chi connectivity index (χ3v) is 4.12. The van der Waals surface area contributed by atoms with Crippen LogP contribution in [0.4, 0.5) is 0 Å². The number of aromatic nitrogens is 2. The standard InChI is InChI=1S/C13H14ClN3S/c1-9(15)13(10-2-4-11(14)5-3-10)18-12-8-16-6-7-17-12/h2-9,13H,15H2,1H3. The average molecular weight is 280 g/mol. The highest BCUT2D eigenvalue weighted by atomic mass is 35.5. The molecule has 0 aliphatic rings. The minimum Gasteiger partial charge on any atom is -0.327 e. The number of nitrogens with two attached hydrogens (primary N) is 1. The topological polar surface area (TPSA) is 51.8 Å². The molecule has 0 saturated carbocycles. The molecule has 2 N–H and O–H groups in total. The van der Waals surface area contributed by atoms with Gasteiger partial charge in [-0.1, -0.05) is 35.5 Å². The Labute approximate surface area is 116 Å². The van der Waals surface area contributed by atoms with Gasteiger partial charge in [-0.25, -0.2) is 4.98 Å². The summed E-state index contributed by atoms with van der Waals surface area (Å²) in [7, 11) is 0. The zero-order chi connectivity index (χ0) is 13.0. The number of halogens is 1. The zero-order valence-electron chi connectivity index (χ0n) is 9.95. The number of hydrogen-bond acceptors (Lipinski definition) is 4. The molecule has 2 atom stereocenters.